The zero-order valence-corrected chi connectivity index (χ0v) is 18.9. The summed E-state index contributed by atoms with van der Waals surface area (Å²) >= 11 is 6.01. The van der Waals surface area contributed by atoms with Gasteiger partial charge in [0.05, 0.1) is 17.1 Å². The highest BCUT2D eigenvalue weighted by Gasteiger charge is 2.22. The summed E-state index contributed by atoms with van der Waals surface area (Å²) in [5.74, 6) is -0.605. The van der Waals surface area contributed by atoms with E-state index in [9.17, 15) is 9.90 Å². The van der Waals surface area contributed by atoms with Crippen LogP contribution < -0.4 is 4.74 Å². The molecule has 0 radical (unpaired) electrons. The third kappa shape index (κ3) is 4.46. The van der Waals surface area contributed by atoms with E-state index in [1.165, 1.54) is 0 Å². The van der Waals surface area contributed by atoms with Crippen LogP contribution in [0.4, 0.5) is 0 Å². The van der Waals surface area contributed by atoms with E-state index in [0.29, 0.717) is 22.8 Å². The average molecular weight is 450 g/mol. The minimum atomic E-state index is -1.14. The lowest BCUT2D eigenvalue weighted by Gasteiger charge is -2.16. The molecule has 0 aliphatic carbocycles. The van der Waals surface area contributed by atoms with E-state index in [0.717, 1.165) is 40.3 Å². The zero-order chi connectivity index (χ0) is 22.8. The van der Waals surface area contributed by atoms with Crippen molar-refractivity contribution in [3.63, 3.8) is 0 Å². The first-order chi connectivity index (χ1) is 15.4. The van der Waals surface area contributed by atoms with Crippen molar-refractivity contribution in [3.8, 4) is 5.75 Å². The van der Waals surface area contributed by atoms with E-state index < -0.39 is 12.1 Å². The molecule has 0 aliphatic heterocycles. The Morgan fingerprint density at radius 1 is 1.16 bits per heavy atom. The van der Waals surface area contributed by atoms with Crippen molar-refractivity contribution < 1.29 is 14.6 Å². The molecular weight excluding hydrogens is 426 g/mol. The molecule has 7 heteroatoms. The number of aromatic nitrogens is 3. The molecule has 0 saturated carbocycles. The van der Waals surface area contributed by atoms with Crippen molar-refractivity contribution in [2.45, 2.75) is 39.7 Å². The molecular formula is C25H24ClN3O3. The second-order valence-corrected chi connectivity index (χ2v) is 8.21. The van der Waals surface area contributed by atoms with E-state index in [-0.39, 0.29) is 0 Å². The molecule has 1 unspecified atom stereocenters. The molecule has 2 aromatic carbocycles. The van der Waals surface area contributed by atoms with Crippen molar-refractivity contribution in [2.75, 3.05) is 0 Å². The predicted molar refractivity (Wildman–Crippen MR) is 124 cm³/mol. The maximum atomic E-state index is 11.8. The highest BCUT2D eigenvalue weighted by atomic mass is 35.5. The molecule has 1 atom stereocenters. The van der Waals surface area contributed by atoms with Gasteiger partial charge in [0.2, 0.25) is 6.10 Å². The first kappa shape index (κ1) is 21.8. The van der Waals surface area contributed by atoms with Crippen molar-refractivity contribution in [3.05, 3.63) is 93.4 Å². The highest BCUT2D eigenvalue weighted by molar-refractivity contribution is 6.30. The number of carboxylic acid groups (broad SMARTS) is 1. The fraction of sp³-hybridized carbons (Fsp3) is 0.240. The van der Waals surface area contributed by atoms with Gasteiger partial charge in [-0.2, -0.15) is 5.10 Å². The van der Waals surface area contributed by atoms with Gasteiger partial charge in [0.15, 0.2) is 5.65 Å². The fourth-order valence-corrected chi connectivity index (χ4v) is 4.02. The Hall–Kier alpha value is -3.38. The Kier molecular flexibility index (Phi) is 6.15. The van der Waals surface area contributed by atoms with Crippen LogP contribution in [0.15, 0.2) is 54.6 Å². The second kappa shape index (κ2) is 9.01. The van der Waals surface area contributed by atoms with Crippen LogP contribution >= 0.6 is 11.6 Å². The lowest BCUT2D eigenvalue weighted by molar-refractivity contribution is -0.145. The molecule has 0 amide bonds. The summed E-state index contributed by atoms with van der Waals surface area (Å²) < 4.78 is 7.70. The maximum absolute atomic E-state index is 11.8. The predicted octanol–water partition coefficient (Wildman–Crippen LogP) is 5.36. The van der Waals surface area contributed by atoms with E-state index in [1.807, 2.05) is 36.6 Å². The lowest BCUT2D eigenvalue weighted by Crippen LogP contribution is -2.18. The van der Waals surface area contributed by atoms with Crippen LogP contribution in [0.1, 0.15) is 46.8 Å². The van der Waals surface area contributed by atoms with Crippen molar-refractivity contribution in [1.82, 2.24) is 14.6 Å². The SMILES string of the molecule is CCc1nc2c(C)cc(C)nn2c1Cc1ccc(OC(C(=O)O)c2cccc(Cl)c2)cc1. The number of imidazole rings is 1. The van der Waals surface area contributed by atoms with Crippen LogP contribution in [0.25, 0.3) is 5.65 Å². The normalized spacial score (nSPS) is 12.1. The number of carbonyl (C=O) groups is 1. The van der Waals surface area contributed by atoms with Gasteiger partial charge in [-0.3, -0.25) is 0 Å². The minimum absolute atomic E-state index is 0.464. The van der Waals surface area contributed by atoms with Gasteiger partial charge in [0.1, 0.15) is 5.75 Å². The maximum Gasteiger partial charge on any atom is 0.349 e. The van der Waals surface area contributed by atoms with Crippen LogP contribution in [-0.4, -0.2) is 25.7 Å². The number of nitrogens with zero attached hydrogens (tertiary/aromatic N) is 3. The van der Waals surface area contributed by atoms with E-state index in [2.05, 4.69) is 12.0 Å². The van der Waals surface area contributed by atoms with Gasteiger partial charge >= 0.3 is 5.97 Å². The number of hydrogen-bond acceptors (Lipinski definition) is 4. The van der Waals surface area contributed by atoms with E-state index in [4.69, 9.17) is 21.3 Å². The molecule has 164 valence electrons. The molecule has 4 rings (SSSR count). The molecule has 0 saturated heterocycles. The molecule has 0 aliphatic rings. The van der Waals surface area contributed by atoms with Gasteiger partial charge in [-0.1, -0.05) is 42.8 Å². The smallest absolute Gasteiger partial charge is 0.349 e. The molecule has 2 heterocycles. The van der Waals surface area contributed by atoms with Crippen LogP contribution in [0.3, 0.4) is 0 Å². The molecule has 4 aromatic rings. The Morgan fingerprint density at radius 2 is 1.91 bits per heavy atom. The summed E-state index contributed by atoms with van der Waals surface area (Å²) in [5.41, 5.74) is 6.56. The number of fused-ring (bicyclic) bond motifs is 1. The van der Waals surface area contributed by atoms with Crippen LogP contribution in [0.5, 0.6) is 5.75 Å². The van der Waals surface area contributed by atoms with Crippen molar-refractivity contribution in [1.29, 1.82) is 0 Å². The Balaban J connectivity index is 1.59. The number of halogens is 1. The van der Waals surface area contributed by atoms with Gasteiger partial charge in [-0.15, -0.1) is 0 Å². The molecule has 1 N–H and O–H groups in total. The number of aryl methyl sites for hydroxylation is 3. The second-order valence-electron chi connectivity index (χ2n) is 7.77. The van der Waals surface area contributed by atoms with Gasteiger partial charge in [0, 0.05) is 17.0 Å². The standard InChI is InChI=1S/C25H24ClN3O3/c1-4-21-22(29-24(27-21)15(2)12-16(3)28-29)13-17-8-10-20(11-9-17)32-23(25(30)31)18-6-5-7-19(26)14-18/h5-12,14,23H,4,13H2,1-3H3,(H,30,31). The molecule has 2 aromatic heterocycles. The molecule has 0 spiro atoms. The zero-order valence-electron chi connectivity index (χ0n) is 18.2. The Labute approximate surface area is 191 Å². The third-order valence-corrected chi connectivity index (χ3v) is 5.56. The Bertz CT molecular complexity index is 1280. The molecule has 0 bridgehead atoms. The number of hydrogen-bond donors (Lipinski definition) is 1. The van der Waals surface area contributed by atoms with Gasteiger partial charge in [-0.25, -0.2) is 14.3 Å². The summed E-state index contributed by atoms with van der Waals surface area (Å²) in [6, 6.07) is 16.2. The van der Waals surface area contributed by atoms with Gasteiger partial charge in [-0.05, 0) is 61.7 Å². The monoisotopic (exact) mass is 449 g/mol. The largest absolute Gasteiger partial charge is 0.478 e. The number of benzene rings is 2. The van der Waals surface area contributed by atoms with E-state index >= 15 is 0 Å². The summed E-state index contributed by atoms with van der Waals surface area (Å²) in [6.07, 6.45) is 0.343. The van der Waals surface area contributed by atoms with Crippen LogP contribution in [0, 0.1) is 13.8 Å². The number of ether oxygens (including phenoxy) is 1. The number of aliphatic carboxylic acids is 1. The van der Waals surface area contributed by atoms with Crippen molar-refractivity contribution >= 4 is 23.2 Å². The molecule has 32 heavy (non-hydrogen) atoms. The summed E-state index contributed by atoms with van der Waals surface area (Å²) in [7, 11) is 0. The Morgan fingerprint density at radius 3 is 2.56 bits per heavy atom. The molecule has 0 fully saturated rings. The molecule has 6 nitrogen and oxygen atoms in total. The van der Waals surface area contributed by atoms with Crippen LogP contribution in [-0.2, 0) is 17.6 Å². The minimum Gasteiger partial charge on any atom is -0.478 e. The summed E-state index contributed by atoms with van der Waals surface area (Å²) in [5, 5.41) is 14.8. The average Bonchev–Trinajstić information content (AvgIpc) is 3.10. The highest BCUT2D eigenvalue weighted by Crippen LogP contribution is 2.26. The quantitative estimate of drug-likeness (QED) is 0.411. The van der Waals surface area contributed by atoms with Gasteiger partial charge in [0.25, 0.3) is 0 Å². The van der Waals surface area contributed by atoms with Crippen LogP contribution in [0.2, 0.25) is 5.02 Å². The lowest BCUT2D eigenvalue weighted by atomic mass is 10.1. The summed E-state index contributed by atoms with van der Waals surface area (Å²) in [4.78, 5) is 16.5. The number of carboxylic acids is 1. The number of rotatable bonds is 7. The first-order valence-electron chi connectivity index (χ1n) is 10.4. The summed E-state index contributed by atoms with van der Waals surface area (Å²) in [6.45, 7) is 6.12. The van der Waals surface area contributed by atoms with Crippen molar-refractivity contribution in [2.24, 2.45) is 0 Å². The fourth-order valence-electron chi connectivity index (χ4n) is 3.82. The first-order valence-corrected chi connectivity index (χ1v) is 10.8. The third-order valence-electron chi connectivity index (χ3n) is 5.33. The topological polar surface area (TPSA) is 76.7 Å². The van der Waals surface area contributed by atoms with Gasteiger partial charge < -0.3 is 9.84 Å². The van der Waals surface area contributed by atoms with E-state index in [1.54, 1.807) is 36.4 Å².